The topological polar surface area (TPSA) is 16.4 Å². The number of fused-ring (bicyclic) bond motifs is 1. The largest absolute Gasteiger partial charge is 0.324 e. The molecule has 0 fully saturated rings. The van der Waals surface area contributed by atoms with Gasteiger partial charge < -0.3 is 9.72 Å². The zero-order valence-electron chi connectivity index (χ0n) is 7.12. The molecule has 0 aliphatic rings. The Balaban J connectivity index is 2.47. The Labute approximate surface area is 71.8 Å². The molecule has 12 heavy (non-hydrogen) atoms. The van der Waals surface area contributed by atoms with E-state index in [0.29, 0.717) is 0 Å². The van der Waals surface area contributed by atoms with Gasteiger partial charge in [0.25, 0.3) is 0 Å². The Hall–Kier alpha value is -1.28. The Morgan fingerprint density at radius 3 is 3.08 bits per heavy atom. The van der Waals surface area contributed by atoms with E-state index in [1.54, 1.807) is 0 Å². The summed E-state index contributed by atoms with van der Waals surface area (Å²) < 4.78 is 2.13. The highest BCUT2D eigenvalue weighted by Crippen LogP contribution is 2.08. The second-order valence-corrected chi connectivity index (χ2v) is 2.91. The normalized spacial score (nSPS) is 10.8. The van der Waals surface area contributed by atoms with E-state index in [-0.39, 0.29) is 0 Å². The first-order chi connectivity index (χ1) is 5.90. The molecule has 0 radical (unpaired) electrons. The molecule has 0 spiro atoms. The fraction of sp³-hybridized carbons (Fsp3) is 0.200. The Morgan fingerprint density at radius 2 is 2.33 bits per heavy atom. The highest BCUT2D eigenvalue weighted by atomic mass is 14.9. The van der Waals surface area contributed by atoms with E-state index in [1.807, 2.05) is 13.1 Å². The summed E-state index contributed by atoms with van der Waals surface area (Å²) >= 11 is 0. The van der Waals surface area contributed by atoms with E-state index >= 15 is 0 Å². The van der Waals surface area contributed by atoms with E-state index in [2.05, 4.69) is 40.3 Å². The van der Waals surface area contributed by atoms with Gasteiger partial charge in [0.15, 0.2) is 0 Å². The molecule has 2 aromatic rings. The number of aromatic nitrogens is 1. The second-order valence-electron chi connectivity index (χ2n) is 2.91. The van der Waals surface area contributed by atoms with Gasteiger partial charge in [-0.1, -0.05) is 6.07 Å². The summed E-state index contributed by atoms with van der Waals surface area (Å²) in [5, 5.41) is 3.13. The highest BCUT2D eigenvalue weighted by molar-refractivity contribution is 5.50. The molecule has 62 valence electrons. The van der Waals surface area contributed by atoms with Gasteiger partial charge in [0.2, 0.25) is 0 Å². The third-order valence-corrected chi connectivity index (χ3v) is 1.94. The number of hydrogen-bond donors (Lipinski definition) is 1. The summed E-state index contributed by atoms with van der Waals surface area (Å²) in [5.74, 6) is 0. The van der Waals surface area contributed by atoms with E-state index < -0.39 is 0 Å². The number of nitrogens with one attached hydrogen (secondary N) is 1. The first-order valence-electron chi connectivity index (χ1n) is 4.10. The van der Waals surface area contributed by atoms with Crippen molar-refractivity contribution in [1.29, 1.82) is 0 Å². The van der Waals surface area contributed by atoms with Crippen molar-refractivity contribution in [2.24, 2.45) is 0 Å². The third-order valence-electron chi connectivity index (χ3n) is 1.94. The first-order valence-corrected chi connectivity index (χ1v) is 4.10. The van der Waals surface area contributed by atoms with Crippen molar-refractivity contribution in [3.63, 3.8) is 0 Å². The van der Waals surface area contributed by atoms with Gasteiger partial charge in [-0.25, -0.2) is 0 Å². The molecule has 0 aliphatic heterocycles. The average Bonchev–Trinajstić information content (AvgIpc) is 2.47. The van der Waals surface area contributed by atoms with Crippen LogP contribution >= 0.6 is 0 Å². The van der Waals surface area contributed by atoms with Crippen molar-refractivity contribution in [2.75, 3.05) is 7.05 Å². The maximum absolute atomic E-state index is 3.13. The zero-order chi connectivity index (χ0) is 8.39. The number of rotatable bonds is 2. The molecule has 0 amide bonds. The van der Waals surface area contributed by atoms with Crippen LogP contribution in [0.2, 0.25) is 0 Å². The molecule has 2 heterocycles. The number of pyridine rings is 1. The van der Waals surface area contributed by atoms with Gasteiger partial charge in [-0.3, -0.25) is 0 Å². The minimum absolute atomic E-state index is 0.932. The minimum Gasteiger partial charge on any atom is -0.324 e. The van der Waals surface area contributed by atoms with Crippen LogP contribution < -0.4 is 5.32 Å². The monoisotopic (exact) mass is 160 g/mol. The average molecular weight is 160 g/mol. The Kier molecular flexibility index (Phi) is 1.84. The summed E-state index contributed by atoms with van der Waals surface area (Å²) in [6.45, 7) is 0.932. The Morgan fingerprint density at radius 1 is 1.42 bits per heavy atom. The van der Waals surface area contributed by atoms with Crippen LogP contribution in [-0.4, -0.2) is 11.4 Å². The molecule has 2 rings (SSSR count). The number of nitrogens with zero attached hydrogens (tertiary/aromatic N) is 1. The van der Waals surface area contributed by atoms with Crippen molar-refractivity contribution < 1.29 is 0 Å². The molecule has 0 aromatic carbocycles. The zero-order valence-corrected chi connectivity index (χ0v) is 7.12. The van der Waals surface area contributed by atoms with Crippen molar-refractivity contribution >= 4 is 5.52 Å². The van der Waals surface area contributed by atoms with Gasteiger partial charge in [0.05, 0.1) is 0 Å². The maximum atomic E-state index is 3.13. The predicted molar refractivity (Wildman–Crippen MR) is 50.2 cm³/mol. The predicted octanol–water partition coefficient (Wildman–Crippen LogP) is 1.66. The first kappa shape index (κ1) is 7.37. The maximum Gasteiger partial charge on any atom is 0.0453 e. The molecular formula is C10H12N2. The summed E-state index contributed by atoms with van der Waals surface area (Å²) in [4.78, 5) is 0. The molecule has 2 nitrogen and oxygen atoms in total. The summed E-state index contributed by atoms with van der Waals surface area (Å²) in [6, 6.07) is 8.39. The van der Waals surface area contributed by atoms with Crippen LogP contribution in [0.25, 0.3) is 5.52 Å². The molecule has 0 bridgehead atoms. The third kappa shape index (κ3) is 1.21. The molecule has 2 heteroatoms. The molecule has 0 aliphatic carbocycles. The molecule has 0 saturated heterocycles. The van der Waals surface area contributed by atoms with Crippen LogP contribution in [0.15, 0.2) is 36.7 Å². The molecule has 0 unspecified atom stereocenters. The lowest BCUT2D eigenvalue weighted by molar-refractivity contribution is 0.817. The van der Waals surface area contributed by atoms with Crippen LogP contribution in [0, 0.1) is 0 Å². The van der Waals surface area contributed by atoms with Crippen LogP contribution in [0.4, 0.5) is 0 Å². The Bertz CT molecular complexity index is 343. The summed E-state index contributed by atoms with van der Waals surface area (Å²) in [5.41, 5.74) is 2.58. The quantitative estimate of drug-likeness (QED) is 0.706. The fourth-order valence-electron chi connectivity index (χ4n) is 1.42. The molecule has 0 saturated carbocycles. The van der Waals surface area contributed by atoms with E-state index in [4.69, 9.17) is 0 Å². The van der Waals surface area contributed by atoms with Crippen molar-refractivity contribution in [3.05, 3.63) is 42.2 Å². The lowest BCUT2D eigenvalue weighted by Crippen LogP contribution is -2.03. The summed E-state index contributed by atoms with van der Waals surface area (Å²) in [6.07, 6.45) is 4.21. The standard InChI is InChI=1S/C10H12N2/c1-11-7-9-6-10-4-2-3-5-12(10)8-9/h2-6,8,11H,7H2,1H3. The smallest absolute Gasteiger partial charge is 0.0453 e. The van der Waals surface area contributed by atoms with Crippen molar-refractivity contribution in [2.45, 2.75) is 6.54 Å². The van der Waals surface area contributed by atoms with Crippen molar-refractivity contribution in [1.82, 2.24) is 9.72 Å². The second kappa shape index (κ2) is 2.99. The van der Waals surface area contributed by atoms with E-state index in [9.17, 15) is 0 Å². The van der Waals surface area contributed by atoms with Gasteiger partial charge in [-0.15, -0.1) is 0 Å². The van der Waals surface area contributed by atoms with Crippen molar-refractivity contribution in [3.8, 4) is 0 Å². The van der Waals surface area contributed by atoms with E-state index in [1.165, 1.54) is 11.1 Å². The molecule has 0 atom stereocenters. The van der Waals surface area contributed by atoms with E-state index in [0.717, 1.165) is 6.54 Å². The van der Waals surface area contributed by atoms with Gasteiger partial charge in [0, 0.05) is 24.5 Å². The van der Waals surface area contributed by atoms with Gasteiger partial charge >= 0.3 is 0 Å². The highest BCUT2D eigenvalue weighted by Gasteiger charge is 1.95. The minimum atomic E-state index is 0.932. The SMILES string of the molecule is CNCc1cc2ccccn2c1. The lowest BCUT2D eigenvalue weighted by atomic mass is 10.3. The van der Waals surface area contributed by atoms with Crippen LogP contribution in [0.3, 0.4) is 0 Å². The van der Waals surface area contributed by atoms with Crippen LogP contribution in [0.5, 0.6) is 0 Å². The van der Waals surface area contributed by atoms with Crippen LogP contribution in [0.1, 0.15) is 5.56 Å². The van der Waals surface area contributed by atoms with Gasteiger partial charge in [-0.2, -0.15) is 0 Å². The molecule has 2 aromatic heterocycles. The molecule has 1 N–H and O–H groups in total. The lowest BCUT2D eigenvalue weighted by Gasteiger charge is -1.90. The van der Waals surface area contributed by atoms with Gasteiger partial charge in [0.1, 0.15) is 0 Å². The fourth-order valence-corrected chi connectivity index (χ4v) is 1.42. The van der Waals surface area contributed by atoms with Gasteiger partial charge in [-0.05, 0) is 30.8 Å². The van der Waals surface area contributed by atoms with Crippen LogP contribution in [-0.2, 0) is 6.54 Å². The number of hydrogen-bond acceptors (Lipinski definition) is 1. The molecular weight excluding hydrogens is 148 g/mol. The summed E-state index contributed by atoms with van der Waals surface area (Å²) in [7, 11) is 1.96.